The molecule has 0 spiro atoms. The Labute approximate surface area is 155 Å². The Hall–Kier alpha value is -1.59. The van der Waals surface area contributed by atoms with Crippen LogP contribution in [0, 0.1) is 5.41 Å². The van der Waals surface area contributed by atoms with Crippen molar-refractivity contribution < 1.29 is 24.1 Å². The van der Waals surface area contributed by atoms with Crippen LogP contribution in [0.5, 0.6) is 5.75 Å². The summed E-state index contributed by atoms with van der Waals surface area (Å²) >= 11 is 0. The summed E-state index contributed by atoms with van der Waals surface area (Å²) in [4.78, 5) is 11.6. The Morgan fingerprint density at radius 3 is 2.69 bits per heavy atom. The van der Waals surface area contributed by atoms with E-state index < -0.39 is 5.60 Å². The van der Waals surface area contributed by atoms with Crippen molar-refractivity contribution in [3.63, 3.8) is 0 Å². The predicted molar refractivity (Wildman–Crippen MR) is 97.8 cm³/mol. The van der Waals surface area contributed by atoms with Crippen LogP contribution in [0.3, 0.4) is 0 Å². The number of aliphatic hydroxyl groups is 1. The van der Waals surface area contributed by atoms with Crippen LogP contribution in [0.25, 0.3) is 0 Å². The quantitative estimate of drug-likeness (QED) is 0.804. The fourth-order valence-corrected chi connectivity index (χ4v) is 3.97. The van der Waals surface area contributed by atoms with Gasteiger partial charge in [-0.15, -0.1) is 0 Å². The van der Waals surface area contributed by atoms with E-state index in [1.807, 2.05) is 24.3 Å². The molecule has 1 heterocycles. The molecule has 1 saturated carbocycles. The van der Waals surface area contributed by atoms with Gasteiger partial charge in [-0.25, -0.2) is 0 Å². The normalized spacial score (nSPS) is 32.0. The molecule has 5 heteroatoms. The summed E-state index contributed by atoms with van der Waals surface area (Å²) in [6, 6.07) is 7.72. The van der Waals surface area contributed by atoms with Crippen molar-refractivity contribution in [1.29, 1.82) is 0 Å². The van der Waals surface area contributed by atoms with E-state index in [0.29, 0.717) is 19.3 Å². The third-order valence-corrected chi connectivity index (χ3v) is 5.86. The SMILES string of the molecule is COC(=O)CC1(C)CCC(O)(c2cccc(OC3CCCCO3)c2)CC1. The van der Waals surface area contributed by atoms with E-state index in [1.54, 1.807) is 0 Å². The molecule has 26 heavy (non-hydrogen) atoms. The molecule has 1 aromatic carbocycles. The topological polar surface area (TPSA) is 65.0 Å². The highest BCUT2D eigenvalue weighted by atomic mass is 16.7. The van der Waals surface area contributed by atoms with Gasteiger partial charge in [0.1, 0.15) is 5.75 Å². The van der Waals surface area contributed by atoms with E-state index in [0.717, 1.165) is 50.0 Å². The highest BCUT2D eigenvalue weighted by Gasteiger charge is 2.41. The zero-order valence-corrected chi connectivity index (χ0v) is 15.8. The Morgan fingerprint density at radius 1 is 1.27 bits per heavy atom. The Morgan fingerprint density at radius 2 is 2.04 bits per heavy atom. The fraction of sp³-hybridized carbons (Fsp3) is 0.667. The first-order valence-corrected chi connectivity index (χ1v) is 9.61. The summed E-state index contributed by atoms with van der Waals surface area (Å²) < 4.78 is 16.4. The van der Waals surface area contributed by atoms with Gasteiger partial charge in [-0.1, -0.05) is 19.1 Å². The van der Waals surface area contributed by atoms with Crippen LogP contribution in [0.2, 0.25) is 0 Å². The van der Waals surface area contributed by atoms with Crippen molar-refractivity contribution in [2.45, 2.75) is 70.2 Å². The van der Waals surface area contributed by atoms with E-state index in [-0.39, 0.29) is 17.7 Å². The number of carbonyl (C=O) groups excluding carboxylic acids is 1. The molecule has 1 unspecified atom stereocenters. The number of ether oxygens (including phenoxy) is 3. The first-order chi connectivity index (χ1) is 12.4. The average Bonchev–Trinajstić information content (AvgIpc) is 2.65. The molecular weight excluding hydrogens is 332 g/mol. The highest BCUT2D eigenvalue weighted by molar-refractivity contribution is 5.70. The zero-order chi connectivity index (χ0) is 18.6. The third kappa shape index (κ3) is 4.57. The molecule has 144 valence electrons. The minimum absolute atomic E-state index is 0.108. The second-order valence-corrected chi connectivity index (χ2v) is 8.04. The predicted octanol–water partition coefficient (Wildman–Crippen LogP) is 3.92. The summed E-state index contributed by atoms with van der Waals surface area (Å²) in [5, 5.41) is 11.2. The van der Waals surface area contributed by atoms with Crippen LogP contribution in [0.4, 0.5) is 0 Å². The molecule has 1 aliphatic carbocycles. The van der Waals surface area contributed by atoms with Crippen molar-refractivity contribution in [3.8, 4) is 5.75 Å². The molecule has 2 fully saturated rings. The number of benzene rings is 1. The molecule has 0 aromatic heterocycles. The lowest BCUT2D eigenvalue weighted by molar-refractivity contribution is -0.145. The summed E-state index contributed by atoms with van der Waals surface area (Å²) in [7, 11) is 1.42. The molecule has 0 amide bonds. The summed E-state index contributed by atoms with van der Waals surface area (Å²) in [6.45, 7) is 2.84. The van der Waals surface area contributed by atoms with Gasteiger partial charge in [0.05, 0.1) is 25.7 Å². The lowest BCUT2D eigenvalue weighted by atomic mass is 9.66. The van der Waals surface area contributed by atoms with E-state index in [4.69, 9.17) is 14.2 Å². The lowest BCUT2D eigenvalue weighted by Crippen LogP contribution is -2.37. The molecular formula is C21H30O5. The number of rotatable bonds is 5. The molecule has 3 rings (SSSR count). The van der Waals surface area contributed by atoms with Crippen LogP contribution in [-0.4, -0.2) is 31.1 Å². The Bertz CT molecular complexity index is 613. The van der Waals surface area contributed by atoms with Crippen molar-refractivity contribution in [2.24, 2.45) is 5.41 Å². The monoisotopic (exact) mass is 362 g/mol. The molecule has 1 atom stereocenters. The third-order valence-electron chi connectivity index (χ3n) is 5.86. The van der Waals surface area contributed by atoms with Crippen molar-refractivity contribution in [2.75, 3.05) is 13.7 Å². The molecule has 1 saturated heterocycles. The molecule has 0 bridgehead atoms. The second-order valence-electron chi connectivity index (χ2n) is 8.04. The van der Waals surface area contributed by atoms with Gasteiger partial charge in [-0.3, -0.25) is 4.79 Å². The molecule has 2 aliphatic rings. The second kappa shape index (κ2) is 7.97. The maximum atomic E-state index is 11.6. The number of esters is 1. The largest absolute Gasteiger partial charge is 0.469 e. The van der Waals surface area contributed by atoms with Gasteiger partial charge in [-0.05, 0) is 61.6 Å². The molecule has 0 radical (unpaired) electrons. The molecule has 1 aromatic rings. The zero-order valence-electron chi connectivity index (χ0n) is 15.8. The van der Waals surface area contributed by atoms with Crippen molar-refractivity contribution in [3.05, 3.63) is 29.8 Å². The van der Waals surface area contributed by atoms with Crippen LogP contribution in [0.15, 0.2) is 24.3 Å². The summed E-state index contributed by atoms with van der Waals surface area (Å²) in [6.07, 6.45) is 6.15. The summed E-state index contributed by atoms with van der Waals surface area (Å²) in [5.74, 6) is 0.562. The van der Waals surface area contributed by atoms with Gasteiger partial charge in [0, 0.05) is 6.42 Å². The maximum absolute atomic E-state index is 11.6. The average molecular weight is 362 g/mol. The van der Waals surface area contributed by atoms with Gasteiger partial charge in [0.25, 0.3) is 0 Å². The number of methoxy groups -OCH3 is 1. The highest BCUT2D eigenvalue weighted by Crippen LogP contribution is 2.47. The molecule has 1 N–H and O–H groups in total. The van der Waals surface area contributed by atoms with Crippen molar-refractivity contribution in [1.82, 2.24) is 0 Å². The van der Waals surface area contributed by atoms with Gasteiger partial charge in [0.15, 0.2) is 6.29 Å². The van der Waals surface area contributed by atoms with Crippen molar-refractivity contribution >= 4 is 5.97 Å². The van der Waals surface area contributed by atoms with E-state index in [1.165, 1.54) is 7.11 Å². The Kier molecular flexibility index (Phi) is 5.88. The maximum Gasteiger partial charge on any atom is 0.306 e. The smallest absolute Gasteiger partial charge is 0.306 e. The van der Waals surface area contributed by atoms with Gasteiger partial charge < -0.3 is 19.3 Å². The van der Waals surface area contributed by atoms with Crippen LogP contribution in [0.1, 0.15) is 63.9 Å². The first-order valence-electron chi connectivity index (χ1n) is 9.61. The standard InChI is InChI=1S/C21H30O5/c1-20(15-18(22)24-2)9-11-21(23,12-10-20)16-6-5-7-17(14-16)26-19-8-3-4-13-25-19/h5-7,14,19,23H,3-4,8-13,15H2,1-2H3. The minimum Gasteiger partial charge on any atom is -0.469 e. The van der Waals surface area contributed by atoms with Crippen LogP contribution >= 0.6 is 0 Å². The molecule has 5 nitrogen and oxygen atoms in total. The van der Waals surface area contributed by atoms with E-state index in [9.17, 15) is 9.90 Å². The first kappa shape index (κ1) is 19.2. The Balaban J connectivity index is 1.65. The lowest BCUT2D eigenvalue weighted by Gasteiger charge is -2.42. The number of hydrogen-bond donors (Lipinski definition) is 1. The number of hydrogen-bond acceptors (Lipinski definition) is 5. The summed E-state index contributed by atoms with van der Waals surface area (Å²) in [5.41, 5.74) is -0.0999. The molecule has 1 aliphatic heterocycles. The van der Waals surface area contributed by atoms with Gasteiger partial charge >= 0.3 is 5.97 Å². The van der Waals surface area contributed by atoms with E-state index >= 15 is 0 Å². The van der Waals surface area contributed by atoms with Gasteiger partial charge in [0.2, 0.25) is 0 Å². The van der Waals surface area contributed by atoms with E-state index in [2.05, 4.69) is 6.92 Å². The van der Waals surface area contributed by atoms with Crippen LogP contribution < -0.4 is 4.74 Å². The number of carbonyl (C=O) groups is 1. The van der Waals surface area contributed by atoms with Crippen LogP contribution in [-0.2, 0) is 19.9 Å². The fourth-order valence-electron chi connectivity index (χ4n) is 3.97. The minimum atomic E-state index is -0.873. The van der Waals surface area contributed by atoms with Gasteiger partial charge in [-0.2, -0.15) is 0 Å².